The first-order chi connectivity index (χ1) is 9.29. The summed E-state index contributed by atoms with van der Waals surface area (Å²) in [5.74, 6) is 0. The van der Waals surface area contributed by atoms with E-state index in [4.69, 9.17) is 11.6 Å². The van der Waals surface area contributed by atoms with E-state index in [1.807, 2.05) is 30.3 Å². The molecule has 0 spiro atoms. The van der Waals surface area contributed by atoms with Crippen LogP contribution < -0.4 is 5.32 Å². The smallest absolute Gasteiger partial charge is 0.177 e. The molecule has 0 saturated heterocycles. The van der Waals surface area contributed by atoms with Crippen LogP contribution in [0.5, 0.6) is 0 Å². The number of nitrogens with zero attached hydrogens (tertiary/aromatic N) is 3. The van der Waals surface area contributed by atoms with E-state index in [1.165, 1.54) is 0 Å². The van der Waals surface area contributed by atoms with Gasteiger partial charge in [-0.1, -0.05) is 36.7 Å². The average molecular weight is 273 g/mol. The summed E-state index contributed by atoms with van der Waals surface area (Å²) in [6.45, 7) is 2.05. The van der Waals surface area contributed by atoms with Crippen LogP contribution in [0.25, 0.3) is 5.65 Å². The van der Waals surface area contributed by atoms with Crippen molar-refractivity contribution in [2.75, 3.05) is 5.32 Å². The van der Waals surface area contributed by atoms with Crippen molar-refractivity contribution in [2.45, 2.75) is 13.3 Å². The van der Waals surface area contributed by atoms with Gasteiger partial charge in [-0.25, -0.2) is 9.50 Å². The van der Waals surface area contributed by atoms with E-state index in [0.717, 1.165) is 29.0 Å². The molecule has 0 atom stereocenters. The number of aromatic nitrogens is 3. The van der Waals surface area contributed by atoms with Gasteiger partial charge < -0.3 is 5.32 Å². The third-order valence-electron chi connectivity index (χ3n) is 2.99. The van der Waals surface area contributed by atoms with Crippen LogP contribution in [0.3, 0.4) is 0 Å². The standard InChI is InChI=1S/C14H13ClN4/c1-2-11-12(17-10-6-4-3-5-7-10)14-16-8-9-19(14)18-13(11)15/h3-9,17H,2H2,1H3. The minimum atomic E-state index is 0.506. The Hall–Kier alpha value is -2.07. The lowest BCUT2D eigenvalue weighted by atomic mass is 10.2. The Morgan fingerprint density at radius 3 is 2.79 bits per heavy atom. The highest BCUT2D eigenvalue weighted by molar-refractivity contribution is 6.30. The van der Waals surface area contributed by atoms with Crippen LogP contribution in [0, 0.1) is 0 Å². The summed E-state index contributed by atoms with van der Waals surface area (Å²) in [4.78, 5) is 4.34. The minimum absolute atomic E-state index is 0.506. The fourth-order valence-corrected chi connectivity index (χ4v) is 2.38. The zero-order valence-corrected chi connectivity index (χ0v) is 11.2. The first-order valence-electron chi connectivity index (χ1n) is 6.13. The summed E-state index contributed by atoms with van der Waals surface area (Å²) in [5, 5.41) is 8.18. The molecule has 96 valence electrons. The summed E-state index contributed by atoms with van der Waals surface area (Å²) >= 11 is 6.23. The van der Waals surface area contributed by atoms with Crippen molar-refractivity contribution in [3.63, 3.8) is 0 Å². The van der Waals surface area contributed by atoms with Crippen LogP contribution in [0.15, 0.2) is 42.7 Å². The van der Waals surface area contributed by atoms with Gasteiger partial charge in [0.1, 0.15) is 0 Å². The molecule has 0 fully saturated rings. The molecule has 0 aliphatic carbocycles. The van der Waals surface area contributed by atoms with Crippen LogP contribution in [0.2, 0.25) is 5.15 Å². The van der Waals surface area contributed by atoms with E-state index in [9.17, 15) is 0 Å². The van der Waals surface area contributed by atoms with Crippen LogP contribution in [-0.2, 0) is 6.42 Å². The first kappa shape index (κ1) is 12.0. The lowest BCUT2D eigenvalue weighted by Crippen LogP contribution is -2.03. The number of hydrogen-bond donors (Lipinski definition) is 1. The zero-order chi connectivity index (χ0) is 13.2. The fraction of sp³-hybridized carbons (Fsp3) is 0.143. The Bertz CT molecular complexity index is 706. The summed E-state index contributed by atoms with van der Waals surface area (Å²) < 4.78 is 1.69. The van der Waals surface area contributed by atoms with E-state index in [2.05, 4.69) is 22.3 Å². The summed E-state index contributed by atoms with van der Waals surface area (Å²) in [6, 6.07) is 9.97. The Morgan fingerprint density at radius 2 is 2.05 bits per heavy atom. The van der Waals surface area contributed by atoms with Crippen LogP contribution in [-0.4, -0.2) is 14.6 Å². The van der Waals surface area contributed by atoms with Gasteiger partial charge in [0.05, 0.1) is 5.69 Å². The lowest BCUT2D eigenvalue weighted by molar-refractivity contribution is 0.916. The molecule has 0 aliphatic rings. The molecule has 0 bridgehead atoms. The Kier molecular flexibility index (Phi) is 3.09. The summed E-state index contributed by atoms with van der Waals surface area (Å²) in [7, 11) is 0. The second-order valence-electron chi connectivity index (χ2n) is 4.18. The number of anilines is 2. The molecule has 3 rings (SSSR count). The molecule has 3 aromatic rings. The maximum Gasteiger partial charge on any atom is 0.177 e. The van der Waals surface area contributed by atoms with Gasteiger partial charge in [0, 0.05) is 23.6 Å². The largest absolute Gasteiger partial charge is 0.352 e. The second kappa shape index (κ2) is 4.90. The normalized spacial score (nSPS) is 10.8. The molecular formula is C14H13ClN4. The van der Waals surface area contributed by atoms with Crippen molar-refractivity contribution in [1.82, 2.24) is 14.6 Å². The van der Waals surface area contributed by atoms with Gasteiger partial charge in [0.2, 0.25) is 0 Å². The van der Waals surface area contributed by atoms with Crippen LogP contribution in [0.1, 0.15) is 12.5 Å². The molecule has 0 amide bonds. The number of fused-ring (bicyclic) bond motifs is 1. The Morgan fingerprint density at radius 1 is 1.26 bits per heavy atom. The van der Waals surface area contributed by atoms with E-state index in [0.29, 0.717) is 5.15 Å². The molecule has 0 radical (unpaired) electrons. The molecule has 2 heterocycles. The van der Waals surface area contributed by atoms with E-state index in [1.54, 1.807) is 16.9 Å². The second-order valence-corrected chi connectivity index (χ2v) is 4.54. The molecule has 2 aromatic heterocycles. The number of para-hydroxylation sites is 1. The predicted molar refractivity (Wildman–Crippen MR) is 77.1 cm³/mol. The third-order valence-corrected chi connectivity index (χ3v) is 3.29. The van der Waals surface area contributed by atoms with E-state index in [-0.39, 0.29) is 0 Å². The quantitative estimate of drug-likeness (QED) is 0.791. The minimum Gasteiger partial charge on any atom is -0.352 e. The molecule has 1 aromatic carbocycles. The van der Waals surface area contributed by atoms with Gasteiger partial charge in [0.15, 0.2) is 10.8 Å². The maximum absolute atomic E-state index is 6.23. The average Bonchev–Trinajstić information content (AvgIpc) is 2.88. The van der Waals surface area contributed by atoms with E-state index < -0.39 is 0 Å². The predicted octanol–water partition coefficient (Wildman–Crippen LogP) is 3.69. The van der Waals surface area contributed by atoms with E-state index >= 15 is 0 Å². The van der Waals surface area contributed by atoms with Crippen molar-refractivity contribution >= 4 is 28.6 Å². The SMILES string of the molecule is CCc1c(Cl)nn2ccnc2c1Nc1ccccc1. The summed E-state index contributed by atoms with van der Waals surface area (Å²) in [5.41, 5.74) is 3.68. The molecule has 0 unspecified atom stereocenters. The Labute approximate surface area is 116 Å². The number of benzene rings is 1. The topological polar surface area (TPSA) is 42.2 Å². The van der Waals surface area contributed by atoms with Gasteiger partial charge in [-0.2, -0.15) is 5.10 Å². The first-order valence-corrected chi connectivity index (χ1v) is 6.51. The molecule has 19 heavy (non-hydrogen) atoms. The zero-order valence-electron chi connectivity index (χ0n) is 10.5. The van der Waals surface area contributed by atoms with Crippen molar-refractivity contribution in [3.8, 4) is 0 Å². The highest BCUT2D eigenvalue weighted by Gasteiger charge is 2.13. The van der Waals surface area contributed by atoms with Crippen molar-refractivity contribution in [3.05, 3.63) is 53.4 Å². The molecule has 4 nitrogen and oxygen atoms in total. The summed E-state index contributed by atoms with van der Waals surface area (Å²) in [6.07, 6.45) is 4.30. The molecular weight excluding hydrogens is 260 g/mol. The van der Waals surface area contributed by atoms with Gasteiger partial charge in [-0.15, -0.1) is 0 Å². The highest BCUT2D eigenvalue weighted by Crippen LogP contribution is 2.29. The monoisotopic (exact) mass is 272 g/mol. The van der Waals surface area contributed by atoms with Gasteiger partial charge in [-0.3, -0.25) is 0 Å². The van der Waals surface area contributed by atoms with Crippen molar-refractivity contribution in [2.24, 2.45) is 0 Å². The van der Waals surface area contributed by atoms with Gasteiger partial charge in [0.25, 0.3) is 0 Å². The van der Waals surface area contributed by atoms with Crippen molar-refractivity contribution < 1.29 is 0 Å². The van der Waals surface area contributed by atoms with Gasteiger partial charge >= 0.3 is 0 Å². The van der Waals surface area contributed by atoms with Crippen LogP contribution in [0.4, 0.5) is 11.4 Å². The Balaban J connectivity index is 2.17. The third kappa shape index (κ3) is 2.15. The highest BCUT2D eigenvalue weighted by atomic mass is 35.5. The lowest BCUT2D eigenvalue weighted by Gasteiger charge is -2.13. The molecule has 1 N–H and O–H groups in total. The van der Waals surface area contributed by atoms with Crippen molar-refractivity contribution in [1.29, 1.82) is 0 Å². The number of nitrogens with one attached hydrogen (secondary N) is 1. The number of rotatable bonds is 3. The number of imidazole rings is 1. The molecule has 0 aliphatic heterocycles. The van der Waals surface area contributed by atoms with Gasteiger partial charge in [-0.05, 0) is 18.6 Å². The molecule has 5 heteroatoms. The number of hydrogen-bond acceptors (Lipinski definition) is 3. The van der Waals surface area contributed by atoms with Crippen LogP contribution >= 0.6 is 11.6 Å². The molecule has 0 saturated carbocycles. The fourth-order valence-electron chi connectivity index (χ4n) is 2.07. The number of halogens is 1. The maximum atomic E-state index is 6.23.